The van der Waals surface area contributed by atoms with Gasteiger partial charge in [-0.05, 0) is 48.0 Å². The highest BCUT2D eigenvalue weighted by Crippen LogP contribution is 2.26. The lowest BCUT2D eigenvalue weighted by Gasteiger charge is -2.06. The van der Waals surface area contributed by atoms with E-state index < -0.39 is 0 Å². The van der Waals surface area contributed by atoms with Gasteiger partial charge in [0.15, 0.2) is 5.76 Å². The average Bonchev–Trinajstić information content (AvgIpc) is 3.17. The molecule has 4 N–H and O–H groups in total. The molecule has 0 unspecified atom stereocenters. The van der Waals surface area contributed by atoms with Gasteiger partial charge in [-0.1, -0.05) is 11.2 Å². The lowest BCUT2D eigenvalue weighted by atomic mass is 10.1. The van der Waals surface area contributed by atoms with Crippen molar-refractivity contribution in [3.63, 3.8) is 0 Å². The van der Waals surface area contributed by atoms with E-state index in [0.29, 0.717) is 41.7 Å². The fourth-order valence-electron chi connectivity index (χ4n) is 2.76. The van der Waals surface area contributed by atoms with E-state index in [1.807, 2.05) is 18.2 Å². The van der Waals surface area contributed by atoms with Gasteiger partial charge in [-0.2, -0.15) is 0 Å². The molecular formula is C21H18FN5O2. The van der Waals surface area contributed by atoms with E-state index in [-0.39, 0.29) is 5.82 Å². The topological polar surface area (TPSA) is 113 Å². The predicted octanol–water partition coefficient (Wildman–Crippen LogP) is 3.60. The second-order valence-electron chi connectivity index (χ2n) is 6.43. The largest absolute Gasteiger partial charge is 0.487 e. The first-order chi connectivity index (χ1) is 14.1. The predicted molar refractivity (Wildman–Crippen MR) is 106 cm³/mol. The molecule has 0 fully saturated rings. The first-order valence-electron chi connectivity index (χ1n) is 8.87. The molecule has 3 heterocycles. The molecule has 0 radical (unpaired) electrons. The monoisotopic (exact) mass is 391 g/mol. The van der Waals surface area contributed by atoms with Gasteiger partial charge in [-0.3, -0.25) is 4.98 Å². The minimum Gasteiger partial charge on any atom is -0.487 e. The fourth-order valence-corrected chi connectivity index (χ4v) is 2.76. The van der Waals surface area contributed by atoms with Crippen molar-refractivity contribution in [3.05, 3.63) is 83.6 Å². The summed E-state index contributed by atoms with van der Waals surface area (Å²) in [4.78, 5) is 8.42. The van der Waals surface area contributed by atoms with E-state index in [9.17, 15) is 4.39 Å². The van der Waals surface area contributed by atoms with Crippen LogP contribution in [-0.2, 0) is 13.0 Å². The Kier molecular flexibility index (Phi) is 5.07. The molecule has 4 aromatic rings. The molecule has 0 atom stereocenters. The standard InChI is InChI=1S/C21H18FN5O2/c22-14-2-5-17(6-3-14)28-12-15-4-1-13(11-25-15)9-16-10-19(29-27-16)18-7-8-20(23)26-21(18)24/h1-8,10-11H,9,12H2,(H4,23,24,26). The average molecular weight is 391 g/mol. The molecule has 146 valence electrons. The van der Waals surface area contributed by atoms with E-state index in [0.717, 1.165) is 17.0 Å². The normalized spacial score (nSPS) is 10.8. The van der Waals surface area contributed by atoms with Gasteiger partial charge in [-0.15, -0.1) is 0 Å². The molecule has 4 rings (SSSR count). The van der Waals surface area contributed by atoms with Crippen LogP contribution in [0.25, 0.3) is 11.3 Å². The van der Waals surface area contributed by atoms with Crippen LogP contribution in [0.2, 0.25) is 0 Å². The summed E-state index contributed by atoms with van der Waals surface area (Å²) in [7, 11) is 0. The molecule has 1 aromatic carbocycles. The zero-order valence-electron chi connectivity index (χ0n) is 15.4. The quantitative estimate of drug-likeness (QED) is 0.516. The van der Waals surface area contributed by atoms with E-state index in [2.05, 4.69) is 15.1 Å². The summed E-state index contributed by atoms with van der Waals surface area (Å²) in [6.45, 7) is 0.295. The highest BCUT2D eigenvalue weighted by Gasteiger charge is 2.12. The van der Waals surface area contributed by atoms with Crippen LogP contribution in [0.1, 0.15) is 17.0 Å². The summed E-state index contributed by atoms with van der Waals surface area (Å²) in [6.07, 6.45) is 2.31. The Balaban J connectivity index is 1.39. The van der Waals surface area contributed by atoms with Crippen molar-refractivity contribution in [2.24, 2.45) is 0 Å². The van der Waals surface area contributed by atoms with Crippen LogP contribution in [0.4, 0.5) is 16.0 Å². The van der Waals surface area contributed by atoms with Gasteiger partial charge < -0.3 is 20.7 Å². The van der Waals surface area contributed by atoms with Gasteiger partial charge in [0, 0.05) is 18.7 Å². The summed E-state index contributed by atoms with van der Waals surface area (Å²) in [6, 6.07) is 14.9. The SMILES string of the molecule is Nc1ccc(-c2cc(Cc3ccc(COc4ccc(F)cc4)nc3)no2)c(N)n1. The number of pyridine rings is 2. The molecule has 0 amide bonds. The number of benzene rings is 1. The van der Waals surface area contributed by atoms with Crippen molar-refractivity contribution >= 4 is 11.6 Å². The molecule has 0 bridgehead atoms. The van der Waals surface area contributed by atoms with Crippen LogP contribution in [0.3, 0.4) is 0 Å². The second kappa shape index (κ2) is 7.97. The highest BCUT2D eigenvalue weighted by molar-refractivity contribution is 5.71. The van der Waals surface area contributed by atoms with Gasteiger partial charge in [0.25, 0.3) is 0 Å². The molecule has 29 heavy (non-hydrogen) atoms. The highest BCUT2D eigenvalue weighted by atomic mass is 19.1. The zero-order valence-corrected chi connectivity index (χ0v) is 15.4. The maximum atomic E-state index is 12.9. The molecular weight excluding hydrogens is 373 g/mol. The molecule has 3 aromatic heterocycles. The Hall–Kier alpha value is -3.94. The Bertz CT molecular complexity index is 1110. The van der Waals surface area contributed by atoms with Crippen molar-refractivity contribution in [1.29, 1.82) is 0 Å². The zero-order chi connectivity index (χ0) is 20.2. The number of nitrogen functional groups attached to an aromatic ring is 2. The van der Waals surface area contributed by atoms with Crippen LogP contribution >= 0.6 is 0 Å². The third-order valence-electron chi connectivity index (χ3n) is 4.24. The molecule has 8 heteroatoms. The molecule has 0 saturated carbocycles. The third-order valence-corrected chi connectivity index (χ3v) is 4.24. The lowest BCUT2D eigenvalue weighted by Crippen LogP contribution is -1.99. The molecule has 0 aliphatic carbocycles. The number of hydrogen-bond donors (Lipinski definition) is 2. The van der Waals surface area contributed by atoms with Gasteiger partial charge in [0.2, 0.25) is 0 Å². The summed E-state index contributed by atoms with van der Waals surface area (Å²) in [5.74, 6) is 1.46. The van der Waals surface area contributed by atoms with E-state index >= 15 is 0 Å². The van der Waals surface area contributed by atoms with Crippen molar-refractivity contribution in [1.82, 2.24) is 15.1 Å². The Morgan fingerprint density at radius 3 is 2.52 bits per heavy atom. The summed E-state index contributed by atoms with van der Waals surface area (Å²) < 4.78 is 23.9. The summed E-state index contributed by atoms with van der Waals surface area (Å²) in [5, 5.41) is 4.08. The maximum absolute atomic E-state index is 12.9. The maximum Gasteiger partial charge on any atom is 0.170 e. The van der Waals surface area contributed by atoms with Gasteiger partial charge in [0.05, 0.1) is 17.0 Å². The molecule has 0 aliphatic rings. The van der Waals surface area contributed by atoms with Crippen molar-refractivity contribution in [2.75, 3.05) is 11.5 Å². The Morgan fingerprint density at radius 2 is 1.79 bits per heavy atom. The minimum absolute atomic E-state index is 0.292. The first kappa shape index (κ1) is 18.4. The van der Waals surface area contributed by atoms with Crippen LogP contribution in [0.5, 0.6) is 5.75 Å². The van der Waals surface area contributed by atoms with Crippen LogP contribution in [-0.4, -0.2) is 15.1 Å². The number of nitrogens with two attached hydrogens (primary N) is 2. The number of nitrogens with zero attached hydrogens (tertiary/aromatic N) is 3. The van der Waals surface area contributed by atoms with Crippen LogP contribution in [0, 0.1) is 5.82 Å². The van der Waals surface area contributed by atoms with Crippen LogP contribution < -0.4 is 16.2 Å². The molecule has 0 saturated heterocycles. The van der Waals surface area contributed by atoms with Gasteiger partial charge >= 0.3 is 0 Å². The van der Waals surface area contributed by atoms with Crippen molar-refractivity contribution in [2.45, 2.75) is 13.0 Å². The second-order valence-corrected chi connectivity index (χ2v) is 6.43. The summed E-state index contributed by atoms with van der Waals surface area (Å²) in [5.41, 5.74) is 14.6. The molecule has 0 aliphatic heterocycles. The third kappa shape index (κ3) is 4.49. The fraction of sp³-hybridized carbons (Fsp3) is 0.0952. The van der Waals surface area contributed by atoms with Gasteiger partial charge in [0.1, 0.15) is 29.8 Å². The van der Waals surface area contributed by atoms with E-state index in [1.54, 1.807) is 30.5 Å². The number of hydrogen-bond acceptors (Lipinski definition) is 7. The number of halogens is 1. The first-order valence-corrected chi connectivity index (χ1v) is 8.87. The Labute approximate surface area is 166 Å². The van der Waals surface area contributed by atoms with Gasteiger partial charge in [-0.25, -0.2) is 9.37 Å². The number of ether oxygens (including phenoxy) is 1. The molecule has 0 spiro atoms. The van der Waals surface area contributed by atoms with Crippen molar-refractivity contribution < 1.29 is 13.7 Å². The Morgan fingerprint density at radius 1 is 0.966 bits per heavy atom. The number of rotatable bonds is 6. The lowest BCUT2D eigenvalue weighted by molar-refractivity contribution is 0.301. The van der Waals surface area contributed by atoms with Crippen LogP contribution in [0.15, 0.2) is 65.3 Å². The van der Waals surface area contributed by atoms with E-state index in [4.69, 9.17) is 20.7 Å². The number of anilines is 2. The summed E-state index contributed by atoms with van der Waals surface area (Å²) >= 11 is 0. The molecule has 7 nitrogen and oxygen atoms in total. The van der Waals surface area contributed by atoms with Crippen molar-refractivity contribution in [3.8, 4) is 17.1 Å². The minimum atomic E-state index is -0.300. The number of aromatic nitrogens is 3. The van der Waals surface area contributed by atoms with E-state index in [1.165, 1.54) is 12.1 Å². The smallest absolute Gasteiger partial charge is 0.170 e.